The molecule has 0 aromatic heterocycles. The first-order chi connectivity index (χ1) is 8.79. The first-order valence-corrected chi connectivity index (χ1v) is 7.46. The fourth-order valence-electron chi connectivity index (χ4n) is 2.14. The molecule has 0 radical (unpaired) electrons. The van der Waals surface area contributed by atoms with E-state index in [0.29, 0.717) is 12.3 Å². The third-order valence-corrected chi connectivity index (χ3v) is 3.38. The van der Waals surface area contributed by atoms with Crippen molar-refractivity contribution in [3.05, 3.63) is 28.8 Å². The van der Waals surface area contributed by atoms with Crippen LogP contribution in [0.1, 0.15) is 30.5 Å². The lowest BCUT2D eigenvalue weighted by Crippen LogP contribution is -2.33. The summed E-state index contributed by atoms with van der Waals surface area (Å²) >= 11 is 12.1. The molecule has 0 fully saturated rings. The van der Waals surface area contributed by atoms with Gasteiger partial charge in [-0.1, -0.05) is 6.07 Å². The van der Waals surface area contributed by atoms with Crippen LogP contribution in [0, 0.1) is 13.8 Å². The zero-order valence-corrected chi connectivity index (χ0v) is 13.6. The molecule has 0 aliphatic carbocycles. The van der Waals surface area contributed by atoms with E-state index in [1.165, 1.54) is 5.56 Å². The number of phenols is 1. The molecule has 2 nitrogen and oxygen atoms in total. The van der Waals surface area contributed by atoms with Crippen molar-refractivity contribution >= 4 is 23.2 Å². The molecule has 0 aliphatic heterocycles. The molecule has 0 unspecified atom stereocenters. The van der Waals surface area contributed by atoms with Gasteiger partial charge < -0.3 is 5.11 Å². The standard InChI is InChI=1S/C15H23Cl2NO/c1-10-5-14(15(19)6-11(10)2)9-18(7-12(3)16)8-13(4)17/h5-6,12-13,19H,7-9H2,1-4H3/t12-,13-/m0/s1. The number of rotatable bonds is 6. The van der Waals surface area contributed by atoms with Gasteiger partial charge in [-0.15, -0.1) is 23.2 Å². The minimum Gasteiger partial charge on any atom is -0.508 e. The summed E-state index contributed by atoms with van der Waals surface area (Å²) in [6.07, 6.45) is 0. The van der Waals surface area contributed by atoms with Crippen LogP contribution in [0.5, 0.6) is 5.75 Å². The summed E-state index contributed by atoms with van der Waals surface area (Å²) in [5.41, 5.74) is 3.22. The van der Waals surface area contributed by atoms with Gasteiger partial charge >= 0.3 is 0 Å². The van der Waals surface area contributed by atoms with Gasteiger partial charge in [0, 0.05) is 36.0 Å². The van der Waals surface area contributed by atoms with Gasteiger partial charge in [0.2, 0.25) is 0 Å². The minimum absolute atomic E-state index is 0.0594. The SMILES string of the molecule is Cc1cc(O)c(CN(C[C@H](C)Cl)C[C@H](C)Cl)cc1C. The Bertz CT molecular complexity index is 409. The van der Waals surface area contributed by atoms with E-state index in [9.17, 15) is 5.11 Å². The van der Waals surface area contributed by atoms with Crippen LogP contribution in [-0.2, 0) is 6.54 Å². The molecule has 108 valence electrons. The van der Waals surface area contributed by atoms with Gasteiger partial charge in [-0.25, -0.2) is 0 Å². The Kier molecular flexibility index (Phi) is 6.45. The first-order valence-electron chi connectivity index (χ1n) is 6.59. The topological polar surface area (TPSA) is 23.5 Å². The maximum Gasteiger partial charge on any atom is 0.120 e. The molecule has 0 spiro atoms. The number of aromatic hydroxyl groups is 1. The third kappa shape index (κ3) is 5.60. The largest absolute Gasteiger partial charge is 0.508 e. The van der Waals surface area contributed by atoms with Crippen molar-refractivity contribution in [3.8, 4) is 5.75 Å². The van der Waals surface area contributed by atoms with Gasteiger partial charge in [0.05, 0.1) is 0 Å². The highest BCUT2D eigenvalue weighted by molar-refractivity contribution is 6.21. The Morgan fingerprint density at radius 3 is 2.00 bits per heavy atom. The Labute approximate surface area is 126 Å². The van der Waals surface area contributed by atoms with Gasteiger partial charge in [-0.05, 0) is 44.9 Å². The predicted octanol–water partition coefficient (Wildman–Crippen LogP) is 4.07. The van der Waals surface area contributed by atoms with E-state index in [1.807, 2.05) is 32.9 Å². The highest BCUT2D eigenvalue weighted by Gasteiger charge is 2.14. The van der Waals surface area contributed by atoms with Crippen LogP contribution in [0.3, 0.4) is 0 Å². The van der Waals surface area contributed by atoms with Crippen LogP contribution >= 0.6 is 23.2 Å². The highest BCUT2D eigenvalue weighted by atomic mass is 35.5. The first kappa shape index (κ1) is 16.6. The fraction of sp³-hybridized carbons (Fsp3) is 0.600. The van der Waals surface area contributed by atoms with Gasteiger partial charge in [0.25, 0.3) is 0 Å². The van der Waals surface area contributed by atoms with Crippen LogP contribution in [0.2, 0.25) is 0 Å². The molecule has 0 saturated carbocycles. The summed E-state index contributed by atoms with van der Waals surface area (Å²) in [7, 11) is 0. The summed E-state index contributed by atoms with van der Waals surface area (Å²) in [6.45, 7) is 10.2. The summed E-state index contributed by atoms with van der Waals surface area (Å²) in [6, 6.07) is 3.85. The summed E-state index contributed by atoms with van der Waals surface area (Å²) in [5, 5.41) is 10.2. The second-order valence-electron chi connectivity index (χ2n) is 5.32. The van der Waals surface area contributed by atoms with E-state index >= 15 is 0 Å². The average molecular weight is 304 g/mol. The van der Waals surface area contributed by atoms with Gasteiger partial charge in [-0.3, -0.25) is 4.90 Å². The van der Waals surface area contributed by atoms with Crippen molar-refractivity contribution in [3.63, 3.8) is 0 Å². The van der Waals surface area contributed by atoms with Crippen molar-refractivity contribution in [2.45, 2.75) is 45.0 Å². The smallest absolute Gasteiger partial charge is 0.120 e. The maximum atomic E-state index is 10.0. The Morgan fingerprint density at radius 1 is 1.05 bits per heavy atom. The van der Waals surface area contributed by atoms with E-state index in [2.05, 4.69) is 11.8 Å². The molecule has 0 heterocycles. The number of hydrogen-bond donors (Lipinski definition) is 1. The Morgan fingerprint density at radius 2 is 1.53 bits per heavy atom. The second kappa shape index (κ2) is 7.37. The number of alkyl halides is 2. The van der Waals surface area contributed by atoms with Crippen molar-refractivity contribution in [2.24, 2.45) is 0 Å². The lowest BCUT2D eigenvalue weighted by molar-refractivity contribution is 0.266. The third-order valence-electron chi connectivity index (χ3n) is 3.11. The molecule has 0 amide bonds. The number of nitrogens with zero attached hydrogens (tertiary/aromatic N) is 1. The van der Waals surface area contributed by atoms with Gasteiger partial charge in [0.1, 0.15) is 5.75 Å². The van der Waals surface area contributed by atoms with Crippen molar-refractivity contribution in [1.29, 1.82) is 0 Å². The fourth-order valence-corrected chi connectivity index (χ4v) is 2.53. The maximum absolute atomic E-state index is 10.0. The quantitative estimate of drug-likeness (QED) is 0.801. The Hall–Kier alpha value is -0.440. The van der Waals surface area contributed by atoms with E-state index in [0.717, 1.165) is 24.2 Å². The van der Waals surface area contributed by atoms with E-state index in [1.54, 1.807) is 0 Å². The molecule has 2 atom stereocenters. The monoisotopic (exact) mass is 303 g/mol. The van der Waals surface area contributed by atoms with Crippen LogP contribution in [-0.4, -0.2) is 33.9 Å². The van der Waals surface area contributed by atoms with Crippen LogP contribution < -0.4 is 0 Å². The van der Waals surface area contributed by atoms with Crippen molar-refractivity contribution in [2.75, 3.05) is 13.1 Å². The Balaban J connectivity index is 2.86. The molecule has 4 heteroatoms. The number of benzene rings is 1. The van der Waals surface area contributed by atoms with Crippen LogP contribution in [0.15, 0.2) is 12.1 Å². The van der Waals surface area contributed by atoms with Crippen molar-refractivity contribution in [1.82, 2.24) is 4.90 Å². The van der Waals surface area contributed by atoms with E-state index in [4.69, 9.17) is 23.2 Å². The van der Waals surface area contributed by atoms with Crippen molar-refractivity contribution < 1.29 is 5.11 Å². The van der Waals surface area contributed by atoms with Crippen LogP contribution in [0.25, 0.3) is 0 Å². The lowest BCUT2D eigenvalue weighted by Gasteiger charge is -2.25. The average Bonchev–Trinajstić information content (AvgIpc) is 2.23. The minimum atomic E-state index is 0.0594. The molecule has 0 aliphatic rings. The van der Waals surface area contributed by atoms with E-state index < -0.39 is 0 Å². The number of phenolic OH excluding ortho intramolecular Hbond substituents is 1. The molecular formula is C15H23Cl2NO. The van der Waals surface area contributed by atoms with Crippen LogP contribution in [0.4, 0.5) is 0 Å². The normalized spacial score (nSPS) is 14.7. The highest BCUT2D eigenvalue weighted by Crippen LogP contribution is 2.23. The second-order valence-corrected chi connectivity index (χ2v) is 6.81. The molecule has 0 saturated heterocycles. The molecule has 1 rings (SSSR count). The molecule has 0 bridgehead atoms. The summed E-state index contributed by atoms with van der Waals surface area (Å²) < 4.78 is 0. The number of aryl methyl sites for hydroxylation is 2. The molecular weight excluding hydrogens is 281 g/mol. The molecule has 1 aromatic carbocycles. The lowest BCUT2D eigenvalue weighted by atomic mass is 10.0. The number of hydrogen-bond acceptors (Lipinski definition) is 2. The predicted molar refractivity (Wildman–Crippen MR) is 83.5 cm³/mol. The zero-order valence-electron chi connectivity index (χ0n) is 12.1. The summed E-state index contributed by atoms with van der Waals surface area (Å²) in [5.74, 6) is 0.345. The van der Waals surface area contributed by atoms with E-state index in [-0.39, 0.29) is 10.8 Å². The molecule has 1 aromatic rings. The van der Waals surface area contributed by atoms with Gasteiger partial charge in [0.15, 0.2) is 0 Å². The van der Waals surface area contributed by atoms with Gasteiger partial charge in [-0.2, -0.15) is 0 Å². The molecule has 19 heavy (non-hydrogen) atoms. The summed E-state index contributed by atoms with van der Waals surface area (Å²) in [4.78, 5) is 2.18. The zero-order chi connectivity index (χ0) is 14.6. The number of halogens is 2. The molecule has 1 N–H and O–H groups in total.